The topological polar surface area (TPSA) is 69.0 Å². The molecule has 1 N–H and O–H groups in total. The number of rotatable bonds is 4. The number of hydrogen-bond acceptors (Lipinski definition) is 5. The second-order valence-electron chi connectivity index (χ2n) is 6.80. The number of aromatic nitrogens is 3. The quantitative estimate of drug-likeness (QED) is 0.428. The second-order valence-corrected chi connectivity index (χ2v) is 8.21. The van der Waals surface area contributed by atoms with Crippen molar-refractivity contribution in [3.05, 3.63) is 64.3 Å². The molecule has 4 rings (SSSR count). The van der Waals surface area contributed by atoms with Gasteiger partial charge in [-0.3, -0.25) is 5.32 Å². The predicted molar refractivity (Wildman–Crippen MR) is 117 cm³/mol. The van der Waals surface area contributed by atoms with Gasteiger partial charge in [0.2, 0.25) is 0 Å². The van der Waals surface area contributed by atoms with E-state index in [0.29, 0.717) is 21.3 Å². The standard InChI is InChI=1S/C21H18ClFN4O2S/c1-11-19(30-20(24-11)15-6-5-14(23)9-16(15)22)26-21(28)29-10-13-4-7-18-17(8-13)25-12(2)27(18)3/h4-9H,10H2,1-3H3,(H,26,28). The maximum absolute atomic E-state index is 13.3. The fourth-order valence-electron chi connectivity index (χ4n) is 3.02. The number of halogens is 2. The number of carbonyl (C=O) groups is 1. The first-order valence-corrected chi connectivity index (χ1v) is 10.3. The van der Waals surface area contributed by atoms with Gasteiger partial charge in [0, 0.05) is 12.6 Å². The molecule has 2 aromatic carbocycles. The number of aryl methyl sites for hydroxylation is 3. The van der Waals surface area contributed by atoms with Crippen molar-refractivity contribution in [1.82, 2.24) is 14.5 Å². The van der Waals surface area contributed by atoms with Crippen molar-refractivity contribution < 1.29 is 13.9 Å². The van der Waals surface area contributed by atoms with E-state index in [1.54, 1.807) is 13.0 Å². The summed E-state index contributed by atoms with van der Waals surface area (Å²) < 4.78 is 20.6. The van der Waals surface area contributed by atoms with Crippen LogP contribution in [0.25, 0.3) is 21.6 Å². The number of fused-ring (bicyclic) bond motifs is 1. The summed E-state index contributed by atoms with van der Waals surface area (Å²) in [5, 5.41) is 4.11. The maximum Gasteiger partial charge on any atom is 0.412 e. The van der Waals surface area contributed by atoms with Crippen LogP contribution in [-0.4, -0.2) is 20.6 Å². The van der Waals surface area contributed by atoms with Gasteiger partial charge in [-0.1, -0.05) is 29.0 Å². The van der Waals surface area contributed by atoms with E-state index in [9.17, 15) is 9.18 Å². The number of ether oxygens (including phenoxy) is 1. The summed E-state index contributed by atoms with van der Waals surface area (Å²) in [5.74, 6) is 0.497. The molecule has 0 bridgehead atoms. The molecular formula is C21H18ClFN4O2S. The van der Waals surface area contributed by atoms with Gasteiger partial charge in [-0.2, -0.15) is 0 Å². The Balaban J connectivity index is 1.43. The molecule has 0 unspecified atom stereocenters. The SMILES string of the molecule is Cc1nc(-c2ccc(F)cc2Cl)sc1NC(=O)OCc1ccc2c(c1)nc(C)n2C. The average Bonchev–Trinajstić information content (AvgIpc) is 3.19. The Morgan fingerprint density at radius 1 is 1.23 bits per heavy atom. The van der Waals surface area contributed by atoms with Gasteiger partial charge in [0.25, 0.3) is 0 Å². The van der Waals surface area contributed by atoms with E-state index in [2.05, 4.69) is 15.3 Å². The zero-order valence-corrected chi connectivity index (χ0v) is 18.1. The van der Waals surface area contributed by atoms with E-state index in [-0.39, 0.29) is 11.6 Å². The van der Waals surface area contributed by atoms with Crippen molar-refractivity contribution in [3.8, 4) is 10.6 Å². The van der Waals surface area contributed by atoms with E-state index in [4.69, 9.17) is 16.3 Å². The molecule has 0 aliphatic rings. The summed E-state index contributed by atoms with van der Waals surface area (Å²) >= 11 is 7.36. The van der Waals surface area contributed by atoms with E-state index in [1.807, 2.05) is 36.7 Å². The zero-order chi connectivity index (χ0) is 21.4. The summed E-state index contributed by atoms with van der Waals surface area (Å²) in [6, 6.07) is 9.88. The van der Waals surface area contributed by atoms with Gasteiger partial charge < -0.3 is 9.30 Å². The second kappa shape index (κ2) is 8.04. The molecule has 0 aliphatic heterocycles. The van der Waals surface area contributed by atoms with Gasteiger partial charge in [-0.05, 0) is 49.7 Å². The number of anilines is 1. The summed E-state index contributed by atoms with van der Waals surface area (Å²) in [7, 11) is 1.96. The highest BCUT2D eigenvalue weighted by molar-refractivity contribution is 7.19. The molecule has 154 valence electrons. The van der Waals surface area contributed by atoms with Gasteiger partial charge in [0.15, 0.2) is 0 Å². The molecule has 2 heterocycles. The van der Waals surface area contributed by atoms with E-state index >= 15 is 0 Å². The van der Waals surface area contributed by atoms with Gasteiger partial charge in [-0.25, -0.2) is 19.2 Å². The molecule has 0 saturated carbocycles. The molecule has 6 nitrogen and oxygen atoms in total. The van der Waals surface area contributed by atoms with E-state index < -0.39 is 11.9 Å². The lowest BCUT2D eigenvalue weighted by Gasteiger charge is -2.06. The van der Waals surface area contributed by atoms with Crippen molar-refractivity contribution >= 4 is 45.1 Å². The smallest absolute Gasteiger partial charge is 0.412 e. The monoisotopic (exact) mass is 444 g/mol. The Kier molecular flexibility index (Phi) is 5.44. The van der Waals surface area contributed by atoms with Crippen LogP contribution in [-0.2, 0) is 18.4 Å². The number of benzene rings is 2. The average molecular weight is 445 g/mol. The van der Waals surface area contributed by atoms with Crippen LogP contribution in [0.1, 0.15) is 17.1 Å². The normalized spacial score (nSPS) is 11.1. The first kappa shape index (κ1) is 20.3. The minimum Gasteiger partial charge on any atom is -0.444 e. The Morgan fingerprint density at radius 3 is 2.80 bits per heavy atom. The summed E-state index contributed by atoms with van der Waals surface area (Å²) in [6.07, 6.45) is -0.587. The third kappa shape index (κ3) is 4.01. The zero-order valence-electron chi connectivity index (χ0n) is 16.5. The van der Waals surface area contributed by atoms with Crippen LogP contribution in [0.3, 0.4) is 0 Å². The highest BCUT2D eigenvalue weighted by atomic mass is 35.5. The first-order chi connectivity index (χ1) is 14.3. The largest absolute Gasteiger partial charge is 0.444 e. The predicted octanol–water partition coefficient (Wildman–Crippen LogP) is 5.85. The molecule has 0 saturated heterocycles. The number of imidazole rings is 1. The Morgan fingerprint density at radius 2 is 2.03 bits per heavy atom. The number of nitrogens with zero attached hydrogens (tertiary/aromatic N) is 3. The minimum absolute atomic E-state index is 0.117. The number of nitrogens with one attached hydrogen (secondary N) is 1. The van der Waals surface area contributed by atoms with Gasteiger partial charge in [0.05, 0.1) is 21.7 Å². The van der Waals surface area contributed by atoms with Crippen LogP contribution in [0.2, 0.25) is 5.02 Å². The number of carbonyl (C=O) groups excluding carboxylic acids is 1. The van der Waals surface area contributed by atoms with Gasteiger partial charge >= 0.3 is 6.09 Å². The summed E-state index contributed by atoms with van der Waals surface area (Å²) in [6.45, 7) is 3.82. The van der Waals surface area contributed by atoms with Crippen LogP contribution in [0.15, 0.2) is 36.4 Å². The third-order valence-corrected chi connectivity index (χ3v) is 6.13. The lowest BCUT2D eigenvalue weighted by Crippen LogP contribution is -2.13. The van der Waals surface area contributed by atoms with Crippen molar-refractivity contribution in [2.24, 2.45) is 7.05 Å². The van der Waals surface area contributed by atoms with Crippen molar-refractivity contribution in [1.29, 1.82) is 0 Å². The Labute approximate surface area is 181 Å². The molecule has 0 fully saturated rings. The molecule has 1 amide bonds. The minimum atomic E-state index is -0.587. The molecule has 0 radical (unpaired) electrons. The van der Waals surface area contributed by atoms with E-state index in [1.165, 1.54) is 23.5 Å². The van der Waals surface area contributed by atoms with Gasteiger partial charge in [-0.15, -0.1) is 0 Å². The maximum atomic E-state index is 13.3. The number of amides is 1. The summed E-state index contributed by atoms with van der Waals surface area (Å²) in [5.41, 5.74) is 3.95. The Bertz CT molecular complexity index is 1270. The van der Waals surface area contributed by atoms with Crippen LogP contribution in [0, 0.1) is 19.7 Å². The molecular weight excluding hydrogens is 427 g/mol. The van der Waals surface area contributed by atoms with E-state index in [0.717, 1.165) is 22.4 Å². The first-order valence-electron chi connectivity index (χ1n) is 9.10. The third-order valence-electron chi connectivity index (χ3n) is 4.71. The fourth-order valence-corrected chi connectivity index (χ4v) is 4.33. The lowest BCUT2D eigenvalue weighted by molar-refractivity contribution is 0.155. The number of thiazole rings is 1. The molecule has 0 aliphatic carbocycles. The Hall–Kier alpha value is -2.97. The van der Waals surface area contributed by atoms with Gasteiger partial charge in [0.1, 0.15) is 28.3 Å². The van der Waals surface area contributed by atoms with Crippen LogP contribution in [0.5, 0.6) is 0 Å². The summed E-state index contributed by atoms with van der Waals surface area (Å²) in [4.78, 5) is 21.2. The molecule has 30 heavy (non-hydrogen) atoms. The highest BCUT2D eigenvalue weighted by Crippen LogP contribution is 2.35. The van der Waals surface area contributed by atoms with Crippen molar-refractivity contribution in [2.75, 3.05) is 5.32 Å². The van der Waals surface area contributed by atoms with Crippen LogP contribution >= 0.6 is 22.9 Å². The highest BCUT2D eigenvalue weighted by Gasteiger charge is 2.15. The van der Waals surface area contributed by atoms with Crippen LogP contribution in [0.4, 0.5) is 14.2 Å². The van der Waals surface area contributed by atoms with Crippen LogP contribution < -0.4 is 5.32 Å². The molecule has 0 spiro atoms. The number of hydrogen-bond donors (Lipinski definition) is 1. The molecule has 4 aromatic rings. The lowest BCUT2D eigenvalue weighted by atomic mass is 10.2. The van der Waals surface area contributed by atoms with Crippen molar-refractivity contribution in [3.63, 3.8) is 0 Å². The molecule has 9 heteroatoms. The van der Waals surface area contributed by atoms with Crippen molar-refractivity contribution in [2.45, 2.75) is 20.5 Å². The molecule has 2 aromatic heterocycles. The fraction of sp³-hybridized carbons (Fsp3) is 0.190. The molecule has 0 atom stereocenters.